The first kappa shape index (κ1) is 14.2. The van der Waals surface area contributed by atoms with Crippen LogP contribution in [0.1, 0.15) is 30.1 Å². The summed E-state index contributed by atoms with van der Waals surface area (Å²) in [6.07, 6.45) is 1.30. The van der Waals surface area contributed by atoms with Crippen molar-refractivity contribution in [3.05, 3.63) is 64.4 Å². The second-order valence-electron chi connectivity index (χ2n) is 5.19. The van der Waals surface area contributed by atoms with E-state index in [0.717, 1.165) is 12.0 Å². The number of aromatic nitrogens is 2. The largest absolute Gasteiger partial charge is 0.306 e. The van der Waals surface area contributed by atoms with Crippen LogP contribution in [0.2, 0.25) is 0 Å². The summed E-state index contributed by atoms with van der Waals surface area (Å²) in [5, 5.41) is 0.493. The van der Waals surface area contributed by atoms with E-state index in [1.807, 2.05) is 37.3 Å². The van der Waals surface area contributed by atoms with Gasteiger partial charge in [-0.25, -0.2) is 4.98 Å². The van der Waals surface area contributed by atoms with Crippen molar-refractivity contribution in [1.29, 1.82) is 0 Å². The van der Waals surface area contributed by atoms with E-state index in [0.29, 0.717) is 28.7 Å². The van der Waals surface area contributed by atoms with E-state index in [2.05, 4.69) is 9.97 Å². The van der Waals surface area contributed by atoms with Crippen molar-refractivity contribution in [2.75, 3.05) is 0 Å². The fraction of sp³-hybridized carbons (Fsp3) is 0.167. The van der Waals surface area contributed by atoms with Crippen LogP contribution in [0.15, 0.2) is 53.3 Å². The van der Waals surface area contributed by atoms with Crippen LogP contribution < -0.4 is 5.56 Å². The van der Waals surface area contributed by atoms with Crippen molar-refractivity contribution < 1.29 is 4.79 Å². The quantitative estimate of drug-likeness (QED) is 0.748. The Morgan fingerprint density at radius 1 is 1.14 bits per heavy atom. The second-order valence-corrected chi connectivity index (χ2v) is 5.19. The van der Waals surface area contributed by atoms with Gasteiger partial charge in [-0.05, 0) is 18.6 Å². The molecule has 0 saturated heterocycles. The van der Waals surface area contributed by atoms with Gasteiger partial charge in [-0.1, -0.05) is 43.3 Å². The molecule has 0 aliphatic carbocycles. The summed E-state index contributed by atoms with van der Waals surface area (Å²) in [7, 11) is 0. The molecule has 0 fully saturated rings. The maximum Gasteiger partial charge on any atom is 0.259 e. The number of benzene rings is 2. The van der Waals surface area contributed by atoms with Crippen LogP contribution >= 0.6 is 0 Å². The van der Waals surface area contributed by atoms with E-state index in [1.54, 1.807) is 18.2 Å². The van der Waals surface area contributed by atoms with Gasteiger partial charge in [0.05, 0.1) is 10.9 Å². The molecule has 1 aromatic heterocycles. The lowest BCUT2D eigenvalue weighted by molar-refractivity contribution is 0.0982. The summed E-state index contributed by atoms with van der Waals surface area (Å²) in [5.41, 5.74) is 1.79. The number of Topliss-reactive ketones (excluding diaryl/α,β-unsaturated/α-hetero) is 1. The smallest absolute Gasteiger partial charge is 0.259 e. The Balaban J connectivity index is 2.15. The van der Waals surface area contributed by atoms with E-state index in [-0.39, 0.29) is 11.3 Å². The number of hydrogen-bond donors (Lipinski definition) is 1. The Morgan fingerprint density at radius 3 is 2.64 bits per heavy atom. The maximum absolute atomic E-state index is 12.2. The minimum Gasteiger partial charge on any atom is -0.306 e. The van der Waals surface area contributed by atoms with Crippen molar-refractivity contribution in [1.82, 2.24) is 9.97 Å². The number of carbonyl (C=O) groups is 1. The Hall–Kier alpha value is -2.75. The third kappa shape index (κ3) is 2.68. The minimum atomic E-state index is -0.196. The van der Waals surface area contributed by atoms with Crippen LogP contribution in [0.25, 0.3) is 22.3 Å². The first-order valence-electron chi connectivity index (χ1n) is 7.31. The average Bonchev–Trinajstić information content (AvgIpc) is 2.55. The number of nitrogens with one attached hydrogen (secondary N) is 1. The molecule has 0 spiro atoms. The summed E-state index contributed by atoms with van der Waals surface area (Å²) in [4.78, 5) is 31.5. The van der Waals surface area contributed by atoms with Crippen molar-refractivity contribution in [2.24, 2.45) is 0 Å². The predicted molar refractivity (Wildman–Crippen MR) is 87.0 cm³/mol. The van der Waals surface area contributed by atoms with Crippen LogP contribution in [0.4, 0.5) is 0 Å². The van der Waals surface area contributed by atoms with Gasteiger partial charge in [-0.15, -0.1) is 0 Å². The third-order valence-electron chi connectivity index (χ3n) is 3.55. The van der Waals surface area contributed by atoms with Gasteiger partial charge in [-0.2, -0.15) is 0 Å². The molecule has 0 unspecified atom stereocenters. The molecule has 0 amide bonds. The lowest BCUT2D eigenvalue weighted by Crippen LogP contribution is -2.10. The molecule has 2 aromatic carbocycles. The van der Waals surface area contributed by atoms with E-state index in [9.17, 15) is 9.59 Å². The van der Waals surface area contributed by atoms with Gasteiger partial charge in [0.1, 0.15) is 5.82 Å². The number of aromatic amines is 1. The number of carbonyl (C=O) groups excluding carboxylic acids is 1. The molecule has 0 aliphatic heterocycles. The van der Waals surface area contributed by atoms with Crippen LogP contribution in [0, 0.1) is 0 Å². The zero-order chi connectivity index (χ0) is 15.5. The van der Waals surface area contributed by atoms with E-state index in [4.69, 9.17) is 0 Å². The highest BCUT2D eigenvalue weighted by atomic mass is 16.1. The topological polar surface area (TPSA) is 62.8 Å². The highest BCUT2D eigenvalue weighted by Crippen LogP contribution is 2.17. The molecule has 0 saturated carbocycles. The summed E-state index contributed by atoms with van der Waals surface area (Å²) in [6, 6.07) is 14.5. The SMILES string of the molecule is CCCC(=O)c1ccc2c(=O)[nH]c(-c3ccccc3)nc2c1. The number of fused-ring (bicyclic) bond motifs is 1. The van der Waals surface area contributed by atoms with Crippen LogP contribution in [-0.4, -0.2) is 15.8 Å². The van der Waals surface area contributed by atoms with Crippen molar-refractivity contribution in [2.45, 2.75) is 19.8 Å². The van der Waals surface area contributed by atoms with Gasteiger partial charge in [0.25, 0.3) is 5.56 Å². The average molecular weight is 292 g/mol. The molecule has 1 N–H and O–H groups in total. The number of nitrogens with zero attached hydrogens (tertiary/aromatic N) is 1. The molecule has 3 aromatic rings. The summed E-state index contributed by atoms with van der Waals surface area (Å²) in [6.45, 7) is 1.97. The van der Waals surface area contributed by atoms with Crippen molar-refractivity contribution in [3.63, 3.8) is 0 Å². The summed E-state index contributed by atoms with van der Waals surface area (Å²) in [5.74, 6) is 0.589. The molecule has 0 bridgehead atoms. The normalized spacial score (nSPS) is 10.8. The highest BCUT2D eigenvalue weighted by molar-refractivity contribution is 5.99. The van der Waals surface area contributed by atoms with Gasteiger partial charge >= 0.3 is 0 Å². The van der Waals surface area contributed by atoms with Gasteiger partial charge < -0.3 is 4.98 Å². The van der Waals surface area contributed by atoms with Crippen molar-refractivity contribution >= 4 is 16.7 Å². The molecule has 4 heteroatoms. The zero-order valence-corrected chi connectivity index (χ0v) is 12.3. The Bertz CT molecular complexity index is 882. The first-order chi connectivity index (χ1) is 10.7. The molecule has 0 atom stereocenters. The first-order valence-corrected chi connectivity index (χ1v) is 7.31. The molecular weight excluding hydrogens is 276 g/mol. The van der Waals surface area contributed by atoms with Crippen LogP contribution in [-0.2, 0) is 0 Å². The Labute approximate surface area is 127 Å². The molecule has 3 rings (SSSR count). The van der Waals surface area contributed by atoms with E-state index >= 15 is 0 Å². The number of ketones is 1. The molecule has 110 valence electrons. The Kier molecular flexibility index (Phi) is 3.83. The van der Waals surface area contributed by atoms with Crippen molar-refractivity contribution in [3.8, 4) is 11.4 Å². The predicted octanol–water partition coefficient (Wildman–Crippen LogP) is 3.57. The molecule has 4 nitrogen and oxygen atoms in total. The zero-order valence-electron chi connectivity index (χ0n) is 12.3. The van der Waals surface area contributed by atoms with E-state index in [1.165, 1.54) is 0 Å². The van der Waals surface area contributed by atoms with Gasteiger partial charge in [-0.3, -0.25) is 9.59 Å². The van der Waals surface area contributed by atoms with Gasteiger partial charge in [0, 0.05) is 17.5 Å². The van der Waals surface area contributed by atoms with Gasteiger partial charge in [0.2, 0.25) is 0 Å². The Morgan fingerprint density at radius 2 is 1.91 bits per heavy atom. The second kappa shape index (κ2) is 5.93. The number of hydrogen-bond acceptors (Lipinski definition) is 3. The lowest BCUT2D eigenvalue weighted by atomic mass is 10.1. The molecule has 0 aliphatic rings. The molecular formula is C18H16N2O2. The third-order valence-corrected chi connectivity index (χ3v) is 3.55. The molecule has 22 heavy (non-hydrogen) atoms. The monoisotopic (exact) mass is 292 g/mol. The molecule has 1 heterocycles. The van der Waals surface area contributed by atoms with Gasteiger partial charge in [0.15, 0.2) is 5.78 Å². The van der Waals surface area contributed by atoms with Crippen LogP contribution in [0.3, 0.4) is 0 Å². The highest BCUT2D eigenvalue weighted by Gasteiger charge is 2.10. The fourth-order valence-electron chi connectivity index (χ4n) is 2.42. The van der Waals surface area contributed by atoms with Crippen LogP contribution in [0.5, 0.6) is 0 Å². The minimum absolute atomic E-state index is 0.0766. The van der Waals surface area contributed by atoms with E-state index < -0.39 is 0 Å². The number of rotatable bonds is 4. The summed E-state index contributed by atoms with van der Waals surface area (Å²) < 4.78 is 0. The standard InChI is InChI=1S/C18H16N2O2/c1-2-6-16(21)13-9-10-14-15(11-13)19-17(20-18(14)22)12-7-4-3-5-8-12/h3-5,7-11H,2,6H2,1H3,(H,19,20,22). The fourth-order valence-corrected chi connectivity index (χ4v) is 2.42. The maximum atomic E-state index is 12.2. The summed E-state index contributed by atoms with van der Waals surface area (Å²) >= 11 is 0. The lowest BCUT2D eigenvalue weighted by Gasteiger charge is -2.05. The molecule has 0 radical (unpaired) electrons. The number of H-pyrrole nitrogens is 1.